The normalized spacial score (nSPS) is 11.0. The Hall–Kier alpha value is -2.34. The molecule has 0 amide bonds. The minimum absolute atomic E-state index is 0.277. The number of pyridine rings is 1. The number of hydrogen-bond acceptors (Lipinski definition) is 3. The Morgan fingerprint density at radius 1 is 1.14 bits per heavy atom. The number of aromatic nitrogens is 2. The Labute approximate surface area is 186 Å². The van der Waals surface area contributed by atoms with E-state index in [2.05, 4.69) is 15.9 Å². The molecular formula is C22H15BrCl2N2O2. The summed E-state index contributed by atoms with van der Waals surface area (Å²) in [5, 5.41) is 1.21. The number of hydrogen-bond donors (Lipinski definition) is 0. The van der Waals surface area contributed by atoms with Crippen molar-refractivity contribution in [2.45, 2.75) is 6.92 Å². The van der Waals surface area contributed by atoms with Crippen molar-refractivity contribution < 1.29 is 9.53 Å². The van der Waals surface area contributed by atoms with E-state index in [1.165, 1.54) is 0 Å². The van der Waals surface area contributed by atoms with Crippen LogP contribution in [-0.2, 0) is 4.74 Å². The molecular weight excluding hydrogens is 475 g/mol. The molecule has 0 saturated heterocycles. The van der Waals surface area contributed by atoms with Gasteiger partial charge < -0.3 is 4.74 Å². The number of esters is 1. The fourth-order valence-electron chi connectivity index (χ4n) is 3.20. The lowest BCUT2D eigenvalue weighted by atomic mass is 10.0. The molecule has 29 heavy (non-hydrogen) atoms. The number of imidazole rings is 1. The number of halogens is 3. The molecule has 146 valence electrons. The molecule has 4 aromatic rings. The van der Waals surface area contributed by atoms with Gasteiger partial charge in [-0.3, -0.25) is 4.40 Å². The van der Waals surface area contributed by atoms with Crippen molar-refractivity contribution >= 4 is 50.7 Å². The summed E-state index contributed by atoms with van der Waals surface area (Å²) in [6.07, 6.45) is 1.87. The van der Waals surface area contributed by atoms with Crippen LogP contribution in [0, 0.1) is 0 Å². The summed E-state index contributed by atoms with van der Waals surface area (Å²) in [4.78, 5) is 17.4. The molecule has 7 heteroatoms. The molecule has 0 fully saturated rings. The fourth-order valence-corrected chi connectivity index (χ4v) is 3.98. The molecule has 0 unspecified atom stereocenters. The van der Waals surface area contributed by atoms with E-state index in [0.717, 1.165) is 21.3 Å². The number of carbonyl (C=O) groups is 1. The Morgan fingerprint density at radius 2 is 1.86 bits per heavy atom. The summed E-state index contributed by atoms with van der Waals surface area (Å²) in [5.74, 6) is -0.433. The van der Waals surface area contributed by atoms with Gasteiger partial charge in [-0.05, 0) is 47.1 Å². The minimum Gasteiger partial charge on any atom is -0.462 e. The van der Waals surface area contributed by atoms with Gasteiger partial charge in [0.1, 0.15) is 5.56 Å². The molecule has 0 aliphatic rings. The summed E-state index contributed by atoms with van der Waals surface area (Å²) >= 11 is 16.1. The highest BCUT2D eigenvalue weighted by Crippen LogP contribution is 2.38. The van der Waals surface area contributed by atoms with Crippen molar-refractivity contribution in [3.8, 4) is 22.5 Å². The molecule has 0 atom stereocenters. The monoisotopic (exact) mass is 488 g/mol. The first-order valence-electron chi connectivity index (χ1n) is 8.89. The van der Waals surface area contributed by atoms with Crippen LogP contribution in [0.3, 0.4) is 0 Å². The molecule has 2 aromatic carbocycles. The smallest absolute Gasteiger partial charge is 0.341 e. The molecule has 0 bridgehead atoms. The van der Waals surface area contributed by atoms with Gasteiger partial charge in [0.2, 0.25) is 0 Å². The zero-order valence-corrected chi connectivity index (χ0v) is 18.4. The number of ether oxygens (including phenoxy) is 1. The molecule has 4 rings (SSSR count). The first-order valence-corrected chi connectivity index (χ1v) is 10.4. The average Bonchev–Trinajstić information content (AvgIpc) is 3.07. The molecule has 2 aromatic heterocycles. The minimum atomic E-state index is -0.433. The van der Waals surface area contributed by atoms with Gasteiger partial charge in [-0.25, -0.2) is 9.78 Å². The fraction of sp³-hybridized carbons (Fsp3) is 0.0909. The van der Waals surface area contributed by atoms with Crippen molar-refractivity contribution in [2.75, 3.05) is 6.61 Å². The van der Waals surface area contributed by atoms with E-state index in [0.29, 0.717) is 26.9 Å². The quantitative estimate of drug-likeness (QED) is 0.292. The van der Waals surface area contributed by atoms with Gasteiger partial charge in [-0.2, -0.15) is 0 Å². The molecule has 0 saturated carbocycles. The predicted octanol–water partition coefficient (Wildman–Crippen LogP) is 6.91. The van der Waals surface area contributed by atoms with Crippen molar-refractivity contribution in [2.24, 2.45) is 0 Å². The summed E-state index contributed by atoms with van der Waals surface area (Å²) in [7, 11) is 0. The van der Waals surface area contributed by atoms with E-state index < -0.39 is 5.97 Å². The van der Waals surface area contributed by atoms with Crippen LogP contribution in [0.5, 0.6) is 0 Å². The Morgan fingerprint density at radius 3 is 2.55 bits per heavy atom. The van der Waals surface area contributed by atoms with E-state index in [9.17, 15) is 4.79 Å². The number of carbonyl (C=O) groups excluding carboxylic acids is 1. The first-order chi connectivity index (χ1) is 14.0. The van der Waals surface area contributed by atoms with Crippen molar-refractivity contribution in [1.82, 2.24) is 9.38 Å². The standard InChI is InChI=1S/C22H15BrCl2N2O2/c1-2-29-22(28)17-11-14(23)12-27-20(13-7-9-15(24)10-8-13)19(26-21(17)27)16-5-3-4-6-18(16)25/h3-12H,2H2,1H3. The van der Waals surface area contributed by atoms with Crippen LogP contribution in [0.1, 0.15) is 17.3 Å². The first kappa shape index (κ1) is 20.0. The van der Waals surface area contributed by atoms with Gasteiger partial charge in [0.05, 0.1) is 23.0 Å². The van der Waals surface area contributed by atoms with Crippen LogP contribution in [0.4, 0.5) is 0 Å². The maximum Gasteiger partial charge on any atom is 0.341 e. The maximum atomic E-state index is 12.6. The third-order valence-electron chi connectivity index (χ3n) is 4.43. The van der Waals surface area contributed by atoms with E-state index in [1.807, 2.05) is 59.1 Å². The van der Waals surface area contributed by atoms with Crippen LogP contribution in [-0.4, -0.2) is 22.0 Å². The Balaban J connectivity index is 2.09. The molecule has 0 N–H and O–H groups in total. The molecule has 4 nitrogen and oxygen atoms in total. The zero-order chi connectivity index (χ0) is 20.5. The lowest BCUT2D eigenvalue weighted by Crippen LogP contribution is -2.07. The second-order valence-electron chi connectivity index (χ2n) is 6.28. The van der Waals surface area contributed by atoms with Gasteiger partial charge in [0.25, 0.3) is 0 Å². The average molecular weight is 490 g/mol. The molecule has 0 spiro atoms. The topological polar surface area (TPSA) is 43.6 Å². The third-order valence-corrected chi connectivity index (χ3v) is 5.44. The van der Waals surface area contributed by atoms with E-state index in [1.54, 1.807) is 13.0 Å². The number of benzene rings is 2. The van der Waals surface area contributed by atoms with E-state index in [-0.39, 0.29) is 6.61 Å². The highest BCUT2D eigenvalue weighted by Gasteiger charge is 2.23. The lowest BCUT2D eigenvalue weighted by molar-refractivity contribution is 0.0528. The molecule has 2 heterocycles. The lowest BCUT2D eigenvalue weighted by Gasteiger charge is -2.09. The van der Waals surface area contributed by atoms with E-state index >= 15 is 0 Å². The number of rotatable bonds is 4. The maximum absolute atomic E-state index is 12.6. The third kappa shape index (κ3) is 3.78. The second kappa shape index (κ2) is 8.19. The van der Waals surface area contributed by atoms with Crippen LogP contribution < -0.4 is 0 Å². The molecule has 0 aliphatic heterocycles. The van der Waals surface area contributed by atoms with E-state index in [4.69, 9.17) is 32.9 Å². The van der Waals surface area contributed by atoms with Crippen LogP contribution in [0.25, 0.3) is 28.2 Å². The zero-order valence-electron chi connectivity index (χ0n) is 15.3. The van der Waals surface area contributed by atoms with Crippen LogP contribution >= 0.6 is 39.1 Å². The summed E-state index contributed by atoms with van der Waals surface area (Å²) in [6, 6.07) is 16.7. The molecule has 0 aliphatic carbocycles. The number of fused-ring (bicyclic) bond motifs is 1. The number of nitrogens with zero attached hydrogens (tertiary/aromatic N) is 2. The summed E-state index contributed by atoms with van der Waals surface area (Å²) in [5.41, 5.74) is 4.00. The van der Waals surface area contributed by atoms with Crippen LogP contribution in [0.2, 0.25) is 10.0 Å². The van der Waals surface area contributed by atoms with Gasteiger partial charge in [-0.1, -0.05) is 53.5 Å². The van der Waals surface area contributed by atoms with Crippen molar-refractivity contribution in [1.29, 1.82) is 0 Å². The van der Waals surface area contributed by atoms with Gasteiger partial charge in [0, 0.05) is 26.8 Å². The van der Waals surface area contributed by atoms with Gasteiger partial charge >= 0.3 is 5.97 Å². The predicted molar refractivity (Wildman–Crippen MR) is 120 cm³/mol. The Kier molecular flexibility index (Phi) is 5.63. The van der Waals surface area contributed by atoms with Crippen LogP contribution in [0.15, 0.2) is 65.3 Å². The van der Waals surface area contributed by atoms with Gasteiger partial charge in [-0.15, -0.1) is 0 Å². The summed E-state index contributed by atoms with van der Waals surface area (Å²) in [6.45, 7) is 2.05. The Bertz CT molecular complexity index is 1220. The SMILES string of the molecule is CCOC(=O)c1cc(Br)cn2c(-c3ccc(Cl)cc3)c(-c3ccccc3Cl)nc12. The van der Waals surface area contributed by atoms with Crippen molar-refractivity contribution in [3.05, 3.63) is 80.9 Å². The second-order valence-corrected chi connectivity index (χ2v) is 8.04. The van der Waals surface area contributed by atoms with Crippen molar-refractivity contribution in [3.63, 3.8) is 0 Å². The summed E-state index contributed by atoms with van der Waals surface area (Å²) < 4.78 is 7.84. The van der Waals surface area contributed by atoms with Gasteiger partial charge in [0.15, 0.2) is 5.65 Å². The molecule has 0 radical (unpaired) electrons. The highest BCUT2D eigenvalue weighted by atomic mass is 79.9. The largest absolute Gasteiger partial charge is 0.462 e. The highest BCUT2D eigenvalue weighted by molar-refractivity contribution is 9.10.